The van der Waals surface area contributed by atoms with Crippen molar-refractivity contribution in [1.29, 1.82) is 0 Å². The number of phenolic OH excluding ortho intramolecular Hbond substituents is 1. The number of carbonyl (C=O) groups is 1. The number of hydrogen-bond donors (Lipinski definition) is 2. The van der Waals surface area contributed by atoms with Crippen LogP contribution in [-0.4, -0.2) is 40.2 Å². The standard InChI is InChI=1S/C13H16ClNO3/c14-12-5-4-10(17)7-11(12)13(18)15-6-2-1-3-9(15)8-16/h4-5,7,9,16-17H,1-3,6,8H2. The molecule has 0 spiro atoms. The number of likely N-dealkylation sites (tertiary alicyclic amines) is 1. The zero-order chi connectivity index (χ0) is 13.1. The fourth-order valence-electron chi connectivity index (χ4n) is 2.29. The maximum absolute atomic E-state index is 12.4. The number of rotatable bonds is 2. The summed E-state index contributed by atoms with van der Waals surface area (Å²) in [4.78, 5) is 14.0. The maximum Gasteiger partial charge on any atom is 0.255 e. The Morgan fingerprint density at radius 3 is 2.94 bits per heavy atom. The quantitative estimate of drug-likeness (QED) is 0.864. The van der Waals surface area contributed by atoms with Gasteiger partial charge < -0.3 is 15.1 Å². The van der Waals surface area contributed by atoms with E-state index in [1.165, 1.54) is 18.2 Å². The number of halogens is 1. The lowest BCUT2D eigenvalue weighted by Gasteiger charge is -2.34. The van der Waals surface area contributed by atoms with Gasteiger partial charge in [-0.3, -0.25) is 4.79 Å². The normalized spacial score (nSPS) is 19.9. The van der Waals surface area contributed by atoms with Gasteiger partial charge in [0.1, 0.15) is 5.75 Å². The van der Waals surface area contributed by atoms with Gasteiger partial charge in [-0.25, -0.2) is 0 Å². The van der Waals surface area contributed by atoms with E-state index in [1.807, 2.05) is 0 Å². The van der Waals surface area contributed by atoms with E-state index in [0.29, 0.717) is 11.6 Å². The molecule has 1 heterocycles. The van der Waals surface area contributed by atoms with Crippen LogP contribution >= 0.6 is 11.6 Å². The van der Waals surface area contributed by atoms with Crippen LogP contribution < -0.4 is 0 Å². The Labute approximate surface area is 111 Å². The average molecular weight is 270 g/mol. The summed E-state index contributed by atoms with van der Waals surface area (Å²) in [6.07, 6.45) is 2.75. The summed E-state index contributed by atoms with van der Waals surface area (Å²) in [7, 11) is 0. The molecule has 0 saturated carbocycles. The smallest absolute Gasteiger partial charge is 0.255 e. The predicted molar refractivity (Wildman–Crippen MR) is 68.9 cm³/mol. The Bertz CT molecular complexity index is 450. The number of aliphatic hydroxyl groups excluding tert-OH is 1. The van der Waals surface area contributed by atoms with Gasteiger partial charge >= 0.3 is 0 Å². The number of piperidine rings is 1. The molecule has 2 N–H and O–H groups in total. The molecule has 98 valence electrons. The van der Waals surface area contributed by atoms with Crippen LogP contribution in [-0.2, 0) is 0 Å². The van der Waals surface area contributed by atoms with E-state index >= 15 is 0 Å². The fourth-order valence-corrected chi connectivity index (χ4v) is 2.49. The monoisotopic (exact) mass is 269 g/mol. The van der Waals surface area contributed by atoms with Gasteiger partial charge in [0.05, 0.1) is 23.2 Å². The van der Waals surface area contributed by atoms with Crippen LogP contribution in [0.25, 0.3) is 0 Å². The fraction of sp³-hybridized carbons (Fsp3) is 0.462. The van der Waals surface area contributed by atoms with Gasteiger partial charge in [-0.15, -0.1) is 0 Å². The molecule has 1 aliphatic heterocycles. The second-order valence-corrected chi connectivity index (χ2v) is 4.90. The van der Waals surface area contributed by atoms with E-state index in [2.05, 4.69) is 0 Å². The number of nitrogens with zero attached hydrogens (tertiary/aromatic N) is 1. The number of carbonyl (C=O) groups excluding carboxylic acids is 1. The summed E-state index contributed by atoms with van der Waals surface area (Å²) in [5, 5.41) is 19.1. The second kappa shape index (κ2) is 5.59. The highest BCUT2D eigenvalue weighted by molar-refractivity contribution is 6.33. The highest BCUT2D eigenvalue weighted by Crippen LogP contribution is 2.25. The number of phenols is 1. The van der Waals surface area contributed by atoms with Crippen molar-refractivity contribution in [3.8, 4) is 5.75 Å². The van der Waals surface area contributed by atoms with E-state index in [4.69, 9.17) is 11.6 Å². The van der Waals surface area contributed by atoms with Crippen LogP contribution in [0.4, 0.5) is 0 Å². The van der Waals surface area contributed by atoms with E-state index in [0.717, 1.165) is 19.3 Å². The lowest BCUT2D eigenvalue weighted by atomic mass is 10.0. The second-order valence-electron chi connectivity index (χ2n) is 4.49. The molecule has 4 nitrogen and oxygen atoms in total. The molecule has 1 aromatic rings. The third-order valence-electron chi connectivity index (χ3n) is 3.28. The van der Waals surface area contributed by atoms with Crippen LogP contribution in [0.1, 0.15) is 29.6 Å². The first kappa shape index (κ1) is 13.2. The first-order valence-electron chi connectivity index (χ1n) is 6.04. The number of amides is 1. The summed E-state index contributed by atoms with van der Waals surface area (Å²) in [5.74, 6) is -0.213. The lowest BCUT2D eigenvalue weighted by Crippen LogP contribution is -2.45. The van der Waals surface area contributed by atoms with Crippen LogP contribution in [0.5, 0.6) is 5.75 Å². The maximum atomic E-state index is 12.4. The topological polar surface area (TPSA) is 60.8 Å². The van der Waals surface area contributed by atoms with Crippen molar-refractivity contribution in [2.75, 3.05) is 13.2 Å². The number of aliphatic hydroxyl groups is 1. The molecule has 1 aromatic carbocycles. The third-order valence-corrected chi connectivity index (χ3v) is 3.61. The molecule has 1 unspecified atom stereocenters. The molecule has 0 radical (unpaired) electrons. The van der Waals surface area contributed by atoms with Gasteiger partial charge in [0.2, 0.25) is 0 Å². The van der Waals surface area contributed by atoms with Gasteiger partial charge in [0.15, 0.2) is 0 Å². The largest absolute Gasteiger partial charge is 0.508 e. The third kappa shape index (κ3) is 2.60. The van der Waals surface area contributed by atoms with E-state index < -0.39 is 0 Å². The highest BCUT2D eigenvalue weighted by atomic mass is 35.5. The molecule has 0 bridgehead atoms. The number of benzene rings is 1. The van der Waals surface area contributed by atoms with Gasteiger partial charge in [0.25, 0.3) is 5.91 Å². The Morgan fingerprint density at radius 2 is 2.22 bits per heavy atom. The zero-order valence-corrected chi connectivity index (χ0v) is 10.7. The van der Waals surface area contributed by atoms with Gasteiger partial charge in [0, 0.05) is 6.54 Å². The minimum Gasteiger partial charge on any atom is -0.508 e. The summed E-state index contributed by atoms with van der Waals surface area (Å²) >= 11 is 5.98. The van der Waals surface area contributed by atoms with Crippen LogP contribution in [0.2, 0.25) is 5.02 Å². The molecule has 0 aromatic heterocycles. The molecule has 0 aliphatic carbocycles. The van der Waals surface area contributed by atoms with Crippen molar-refractivity contribution in [1.82, 2.24) is 4.90 Å². The predicted octanol–water partition coefficient (Wildman–Crippen LogP) is 2.03. The van der Waals surface area contributed by atoms with Crippen molar-refractivity contribution in [2.24, 2.45) is 0 Å². The highest BCUT2D eigenvalue weighted by Gasteiger charge is 2.28. The van der Waals surface area contributed by atoms with Crippen molar-refractivity contribution in [3.63, 3.8) is 0 Å². The Morgan fingerprint density at radius 1 is 1.44 bits per heavy atom. The molecule has 1 aliphatic rings. The molecular weight excluding hydrogens is 254 g/mol. The van der Waals surface area contributed by atoms with Crippen molar-refractivity contribution < 1.29 is 15.0 Å². The average Bonchev–Trinajstić information content (AvgIpc) is 2.40. The first-order valence-corrected chi connectivity index (χ1v) is 6.41. The molecule has 1 saturated heterocycles. The van der Waals surface area contributed by atoms with Crippen molar-refractivity contribution >= 4 is 17.5 Å². The van der Waals surface area contributed by atoms with Crippen LogP contribution in [0, 0.1) is 0 Å². The Kier molecular flexibility index (Phi) is 4.09. The van der Waals surface area contributed by atoms with Crippen LogP contribution in [0.3, 0.4) is 0 Å². The summed E-state index contributed by atoms with van der Waals surface area (Å²) in [6.45, 7) is 0.582. The molecule has 1 fully saturated rings. The van der Waals surface area contributed by atoms with Crippen molar-refractivity contribution in [2.45, 2.75) is 25.3 Å². The summed E-state index contributed by atoms with van der Waals surface area (Å²) in [6, 6.07) is 4.17. The SMILES string of the molecule is O=C(c1cc(O)ccc1Cl)N1CCCCC1CO. The summed E-state index contributed by atoms with van der Waals surface area (Å²) in [5.41, 5.74) is 0.289. The molecule has 2 rings (SSSR count). The lowest BCUT2D eigenvalue weighted by molar-refractivity contribution is 0.0503. The molecule has 5 heteroatoms. The van der Waals surface area contributed by atoms with Gasteiger partial charge in [-0.2, -0.15) is 0 Å². The summed E-state index contributed by atoms with van der Waals surface area (Å²) < 4.78 is 0. The number of hydrogen-bond acceptors (Lipinski definition) is 3. The first-order chi connectivity index (χ1) is 8.63. The Balaban J connectivity index is 2.26. The molecule has 18 heavy (non-hydrogen) atoms. The van der Waals surface area contributed by atoms with E-state index in [1.54, 1.807) is 4.90 Å². The van der Waals surface area contributed by atoms with Gasteiger partial charge in [-0.1, -0.05) is 11.6 Å². The van der Waals surface area contributed by atoms with E-state index in [9.17, 15) is 15.0 Å². The molecule has 1 atom stereocenters. The van der Waals surface area contributed by atoms with E-state index in [-0.39, 0.29) is 29.9 Å². The van der Waals surface area contributed by atoms with Crippen molar-refractivity contribution in [3.05, 3.63) is 28.8 Å². The number of aromatic hydroxyl groups is 1. The molecule has 1 amide bonds. The van der Waals surface area contributed by atoms with Crippen LogP contribution in [0.15, 0.2) is 18.2 Å². The zero-order valence-electron chi connectivity index (χ0n) is 9.97. The minimum absolute atomic E-state index is 0.0142. The minimum atomic E-state index is -0.227. The molecular formula is C13H16ClNO3. The Hall–Kier alpha value is -1.26. The van der Waals surface area contributed by atoms with Gasteiger partial charge in [-0.05, 0) is 37.5 Å².